The zero-order valence-corrected chi connectivity index (χ0v) is 12.0. The van der Waals surface area contributed by atoms with E-state index in [2.05, 4.69) is 20.8 Å². The number of benzene rings is 1. The molecule has 1 rings (SSSR count). The molecule has 0 radical (unpaired) electrons. The van der Waals surface area contributed by atoms with Gasteiger partial charge in [-0.05, 0) is 28.7 Å². The molecule has 0 spiro atoms. The molecular formula is C15H22O4. The van der Waals surface area contributed by atoms with Crippen molar-refractivity contribution in [1.29, 1.82) is 0 Å². The van der Waals surface area contributed by atoms with Gasteiger partial charge in [-0.1, -0.05) is 26.8 Å². The number of carbonyl (C=O) groups is 1. The molecule has 1 N–H and O–H groups in total. The summed E-state index contributed by atoms with van der Waals surface area (Å²) < 4.78 is 10.3. The molecule has 0 atom stereocenters. The van der Waals surface area contributed by atoms with Gasteiger partial charge in [-0.15, -0.1) is 0 Å². The highest BCUT2D eigenvalue weighted by Crippen LogP contribution is 2.25. The predicted molar refractivity (Wildman–Crippen MR) is 73.6 cm³/mol. The van der Waals surface area contributed by atoms with Gasteiger partial charge in [0.2, 0.25) is 0 Å². The highest BCUT2D eigenvalue weighted by molar-refractivity contribution is 5.88. The van der Waals surface area contributed by atoms with Crippen molar-refractivity contribution in [2.24, 2.45) is 0 Å². The standard InChI is InChI=1S/C15H22O4/c1-15(2,3)13-8-11(10-19-6-5-18-4)7-12(9-13)14(16)17/h7-9H,5-6,10H2,1-4H3,(H,16,17). The van der Waals surface area contributed by atoms with Gasteiger partial charge in [-0.3, -0.25) is 0 Å². The van der Waals surface area contributed by atoms with Crippen molar-refractivity contribution >= 4 is 5.97 Å². The largest absolute Gasteiger partial charge is 0.478 e. The van der Waals surface area contributed by atoms with E-state index in [4.69, 9.17) is 14.6 Å². The third-order valence-corrected chi connectivity index (χ3v) is 2.81. The van der Waals surface area contributed by atoms with Gasteiger partial charge in [-0.2, -0.15) is 0 Å². The minimum absolute atomic E-state index is 0.0905. The first-order chi connectivity index (χ1) is 8.84. The second kappa shape index (κ2) is 6.68. The molecule has 0 amide bonds. The number of hydrogen-bond donors (Lipinski definition) is 1. The molecule has 0 saturated heterocycles. The van der Waals surface area contributed by atoms with Crippen LogP contribution in [-0.2, 0) is 21.5 Å². The predicted octanol–water partition coefficient (Wildman–Crippen LogP) is 2.85. The van der Waals surface area contributed by atoms with Crippen LogP contribution in [0.4, 0.5) is 0 Å². The lowest BCUT2D eigenvalue weighted by Crippen LogP contribution is -2.14. The molecule has 0 aliphatic rings. The Balaban J connectivity index is 2.91. The molecule has 4 nitrogen and oxygen atoms in total. The van der Waals surface area contributed by atoms with Crippen molar-refractivity contribution in [3.63, 3.8) is 0 Å². The Morgan fingerprint density at radius 3 is 2.42 bits per heavy atom. The first kappa shape index (κ1) is 15.7. The van der Waals surface area contributed by atoms with Crippen LogP contribution in [0.1, 0.15) is 42.3 Å². The Hall–Kier alpha value is -1.39. The summed E-state index contributed by atoms with van der Waals surface area (Å²) in [5.41, 5.74) is 2.09. The average molecular weight is 266 g/mol. The molecule has 106 valence electrons. The van der Waals surface area contributed by atoms with E-state index in [1.165, 1.54) is 0 Å². The molecule has 0 unspecified atom stereocenters. The molecule has 0 fully saturated rings. The van der Waals surface area contributed by atoms with Crippen molar-refractivity contribution in [2.75, 3.05) is 20.3 Å². The minimum Gasteiger partial charge on any atom is -0.478 e. The molecule has 1 aromatic carbocycles. The fraction of sp³-hybridized carbons (Fsp3) is 0.533. The quantitative estimate of drug-likeness (QED) is 0.804. The van der Waals surface area contributed by atoms with Crippen molar-refractivity contribution in [3.8, 4) is 0 Å². The van der Waals surface area contributed by atoms with Crippen molar-refractivity contribution in [1.82, 2.24) is 0 Å². The van der Waals surface area contributed by atoms with Crippen molar-refractivity contribution in [2.45, 2.75) is 32.8 Å². The summed E-state index contributed by atoms with van der Waals surface area (Å²) in [4.78, 5) is 11.1. The normalized spacial score (nSPS) is 11.6. The maximum absolute atomic E-state index is 11.1. The fourth-order valence-corrected chi connectivity index (χ4v) is 1.66. The van der Waals surface area contributed by atoms with Crippen LogP contribution >= 0.6 is 0 Å². The van der Waals surface area contributed by atoms with E-state index in [1.807, 2.05) is 6.07 Å². The molecule has 19 heavy (non-hydrogen) atoms. The van der Waals surface area contributed by atoms with Crippen LogP contribution in [-0.4, -0.2) is 31.4 Å². The molecule has 4 heteroatoms. The van der Waals surface area contributed by atoms with Gasteiger partial charge < -0.3 is 14.6 Å². The van der Waals surface area contributed by atoms with Crippen molar-refractivity contribution < 1.29 is 19.4 Å². The van der Waals surface area contributed by atoms with Crippen LogP contribution in [0.2, 0.25) is 0 Å². The van der Waals surface area contributed by atoms with Crippen LogP contribution in [0.15, 0.2) is 18.2 Å². The Labute approximate surface area is 114 Å². The van der Waals surface area contributed by atoms with Crippen LogP contribution in [0.5, 0.6) is 0 Å². The molecule has 0 aliphatic heterocycles. The van der Waals surface area contributed by atoms with E-state index < -0.39 is 5.97 Å². The van der Waals surface area contributed by atoms with E-state index in [0.29, 0.717) is 25.4 Å². The number of aromatic carboxylic acids is 1. The summed E-state index contributed by atoms with van der Waals surface area (Å²) in [7, 11) is 1.62. The summed E-state index contributed by atoms with van der Waals surface area (Å²) in [6, 6.07) is 5.38. The summed E-state index contributed by atoms with van der Waals surface area (Å²) in [6.45, 7) is 7.60. The smallest absolute Gasteiger partial charge is 0.335 e. The second-order valence-electron chi connectivity index (χ2n) is 5.52. The average Bonchev–Trinajstić information content (AvgIpc) is 2.33. The maximum Gasteiger partial charge on any atom is 0.335 e. The second-order valence-corrected chi connectivity index (χ2v) is 5.52. The third-order valence-electron chi connectivity index (χ3n) is 2.81. The molecule has 0 saturated carbocycles. The fourth-order valence-electron chi connectivity index (χ4n) is 1.66. The Bertz CT molecular complexity index is 432. The van der Waals surface area contributed by atoms with Crippen LogP contribution in [0.3, 0.4) is 0 Å². The monoisotopic (exact) mass is 266 g/mol. The number of rotatable bonds is 6. The molecule has 0 aromatic heterocycles. The lowest BCUT2D eigenvalue weighted by atomic mass is 9.85. The Morgan fingerprint density at radius 2 is 1.89 bits per heavy atom. The lowest BCUT2D eigenvalue weighted by molar-refractivity contribution is 0.0613. The van der Waals surface area contributed by atoms with Gasteiger partial charge in [0, 0.05) is 7.11 Å². The first-order valence-electron chi connectivity index (χ1n) is 6.29. The zero-order valence-electron chi connectivity index (χ0n) is 12.0. The SMILES string of the molecule is COCCOCc1cc(C(=O)O)cc(C(C)(C)C)c1. The van der Waals surface area contributed by atoms with Crippen LogP contribution in [0.25, 0.3) is 0 Å². The molecular weight excluding hydrogens is 244 g/mol. The Kier molecular flexibility index (Phi) is 5.51. The van der Waals surface area contributed by atoms with Gasteiger partial charge >= 0.3 is 5.97 Å². The number of carboxylic acid groups (broad SMARTS) is 1. The summed E-state index contributed by atoms with van der Waals surface area (Å²) >= 11 is 0. The van der Waals surface area contributed by atoms with Gasteiger partial charge in [0.15, 0.2) is 0 Å². The van der Waals surface area contributed by atoms with E-state index in [1.54, 1.807) is 19.2 Å². The topological polar surface area (TPSA) is 55.8 Å². The highest BCUT2D eigenvalue weighted by atomic mass is 16.5. The van der Waals surface area contributed by atoms with Gasteiger partial charge in [0.1, 0.15) is 0 Å². The van der Waals surface area contributed by atoms with Gasteiger partial charge in [-0.25, -0.2) is 4.79 Å². The molecule has 1 aromatic rings. The molecule has 0 aliphatic carbocycles. The number of carboxylic acids is 1. The molecule has 0 heterocycles. The van der Waals surface area contributed by atoms with Gasteiger partial charge in [0.05, 0.1) is 25.4 Å². The number of ether oxygens (including phenoxy) is 2. The third kappa shape index (κ3) is 5.01. The van der Waals surface area contributed by atoms with Crippen LogP contribution < -0.4 is 0 Å². The first-order valence-corrected chi connectivity index (χ1v) is 6.29. The highest BCUT2D eigenvalue weighted by Gasteiger charge is 2.17. The van der Waals surface area contributed by atoms with E-state index in [9.17, 15) is 4.79 Å². The van der Waals surface area contributed by atoms with Crippen molar-refractivity contribution in [3.05, 3.63) is 34.9 Å². The summed E-state index contributed by atoms with van der Waals surface area (Å²) in [6.07, 6.45) is 0. The zero-order chi connectivity index (χ0) is 14.5. The summed E-state index contributed by atoms with van der Waals surface area (Å²) in [5.74, 6) is -0.913. The van der Waals surface area contributed by atoms with E-state index in [-0.39, 0.29) is 5.41 Å². The lowest BCUT2D eigenvalue weighted by Gasteiger charge is -2.20. The molecule has 0 bridgehead atoms. The summed E-state index contributed by atoms with van der Waals surface area (Å²) in [5, 5.41) is 9.15. The Morgan fingerprint density at radius 1 is 1.21 bits per heavy atom. The minimum atomic E-state index is -0.913. The van der Waals surface area contributed by atoms with Gasteiger partial charge in [0.25, 0.3) is 0 Å². The van der Waals surface area contributed by atoms with E-state index in [0.717, 1.165) is 11.1 Å². The number of methoxy groups -OCH3 is 1. The van der Waals surface area contributed by atoms with E-state index >= 15 is 0 Å². The van der Waals surface area contributed by atoms with Crippen LogP contribution in [0, 0.1) is 0 Å². The number of hydrogen-bond acceptors (Lipinski definition) is 3. The maximum atomic E-state index is 11.1.